The van der Waals surface area contributed by atoms with Crippen LogP contribution in [0.1, 0.15) is 6.42 Å². The quantitative estimate of drug-likeness (QED) is 0.769. The first-order valence-corrected chi connectivity index (χ1v) is 7.28. The lowest BCUT2D eigenvalue weighted by molar-refractivity contribution is -0.123. The molecule has 0 saturated carbocycles. The molecule has 112 valence electrons. The van der Waals surface area contributed by atoms with E-state index in [2.05, 4.69) is 31.2 Å². The molecule has 2 aromatic rings. The van der Waals surface area contributed by atoms with Gasteiger partial charge in [-0.1, -0.05) is 15.9 Å². The van der Waals surface area contributed by atoms with Crippen LogP contribution in [0.5, 0.6) is 5.88 Å². The number of carbonyl (C=O) groups is 1. The van der Waals surface area contributed by atoms with Crippen LogP contribution in [-0.4, -0.2) is 42.7 Å². The third kappa shape index (κ3) is 4.64. The third-order valence-electron chi connectivity index (χ3n) is 2.75. The van der Waals surface area contributed by atoms with Gasteiger partial charge >= 0.3 is 0 Å². The average molecular weight is 354 g/mol. The molecule has 1 amide bonds. The van der Waals surface area contributed by atoms with Crippen molar-refractivity contribution in [2.24, 2.45) is 0 Å². The van der Waals surface area contributed by atoms with Gasteiger partial charge in [-0.25, -0.2) is 9.97 Å². The van der Waals surface area contributed by atoms with Crippen molar-refractivity contribution in [1.29, 1.82) is 0 Å². The Morgan fingerprint density at radius 1 is 1.38 bits per heavy atom. The molecule has 0 unspecified atom stereocenters. The number of amides is 1. The molecule has 0 bridgehead atoms. The molecular weight excluding hydrogens is 338 g/mol. The minimum atomic E-state index is -0.187. The summed E-state index contributed by atoms with van der Waals surface area (Å²) in [5, 5.41) is 3.51. The topological polar surface area (TPSA) is 73.3 Å². The molecule has 21 heavy (non-hydrogen) atoms. The van der Waals surface area contributed by atoms with Gasteiger partial charge in [-0.05, 0) is 24.6 Å². The highest BCUT2D eigenvalue weighted by Crippen LogP contribution is 2.24. The summed E-state index contributed by atoms with van der Waals surface area (Å²) >= 11 is 3.39. The van der Waals surface area contributed by atoms with Crippen LogP contribution < -0.4 is 10.1 Å². The second-order valence-corrected chi connectivity index (χ2v) is 5.24. The van der Waals surface area contributed by atoms with Crippen LogP contribution in [0.2, 0.25) is 0 Å². The number of nitrogens with zero attached hydrogens (tertiary/aromatic N) is 2. The number of hydrogen-bond donors (Lipinski definition) is 1. The summed E-state index contributed by atoms with van der Waals surface area (Å²) in [7, 11) is 1.63. The first kappa shape index (κ1) is 15.7. The fourth-order valence-corrected chi connectivity index (χ4v) is 2.11. The molecule has 0 radical (unpaired) electrons. The summed E-state index contributed by atoms with van der Waals surface area (Å²) in [4.78, 5) is 19.9. The standard InChI is InChI=1S/C14H16BrN3O3/c1-20-6-2-5-16-13(19)8-21-14-11-7-10(15)3-4-12(11)17-9-18-14/h3-4,7,9H,2,5-6,8H2,1H3,(H,16,19). The maximum Gasteiger partial charge on any atom is 0.258 e. The summed E-state index contributed by atoms with van der Waals surface area (Å²) < 4.78 is 11.3. The minimum Gasteiger partial charge on any atom is -0.467 e. The lowest BCUT2D eigenvalue weighted by Gasteiger charge is -2.08. The van der Waals surface area contributed by atoms with Crippen molar-refractivity contribution >= 4 is 32.7 Å². The smallest absolute Gasteiger partial charge is 0.258 e. The van der Waals surface area contributed by atoms with Crippen LogP contribution in [-0.2, 0) is 9.53 Å². The summed E-state index contributed by atoms with van der Waals surface area (Å²) in [6, 6.07) is 5.61. The van der Waals surface area contributed by atoms with Crippen LogP contribution >= 0.6 is 15.9 Å². The largest absolute Gasteiger partial charge is 0.467 e. The molecule has 0 saturated heterocycles. The molecule has 0 atom stereocenters. The van der Waals surface area contributed by atoms with Crippen molar-refractivity contribution in [1.82, 2.24) is 15.3 Å². The average Bonchev–Trinajstić information content (AvgIpc) is 2.49. The maximum absolute atomic E-state index is 11.7. The number of ether oxygens (including phenoxy) is 2. The van der Waals surface area contributed by atoms with Crippen molar-refractivity contribution in [2.45, 2.75) is 6.42 Å². The second kappa shape index (κ2) is 7.90. The molecule has 6 nitrogen and oxygen atoms in total. The molecule has 0 fully saturated rings. The van der Waals surface area contributed by atoms with Crippen LogP contribution in [0.15, 0.2) is 29.0 Å². The van der Waals surface area contributed by atoms with Crippen molar-refractivity contribution in [3.63, 3.8) is 0 Å². The number of methoxy groups -OCH3 is 1. The summed E-state index contributed by atoms with van der Waals surface area (Å²) in [5.74, 6) is 0.209. The van der Waals surface area contributed by atoms with Crippen molar-refractivity contribution < 1.29 is 14.3 Å². The third-order valence-corrected chi connectivity index (χ3v) is 3.24. The van der Waals surface area contributed by atoms with E-state index < -0.39 is 0 Å². The number of nitrogens with one attached hydrogen (secondary N) is 1. The highest BCUT2D eigenvalue weighted by molar-refractivity contribution is 9.10. The van der Waals surface area contributed by atoms with E-state index in [-0.39, 0.29) is 12.5 Å². The second-order valence-electron chi connectivity index (χ2n) is 4.33. The number of carbonyl (C=O) groups excluding carboxylic acids is 1. The highest BCUT2D eigenvalue weighted by Gasteiger charge is 2.08. The molecule has 0 aliphatic rings. The maximum atomic E-state index is 11.7. The zero-order valence-corrected chi connectivity index (χ0v) is 13.2. The number of benzene rings is 1. The van der Waals surface area contributed by atoms with Gasteiger partial charge in [0.2, 0.25) is 5.88 Å². The lowest BCUT2D eigenvalue weighted by atomic mass is 10.2. The molecular formula is C14H16BrN3O3. The molecule has 1 aromatic carbocycles. The molecule has 7 heteroatoms. The van der Waals surface area contributed by atoms with E-state index in [4.69, 9.17) is 9.47 Å². The van der Waals surface area contributed by atoms with Gasteiger partial charge in [0.05, 0.1) is 10.9 Å². The summed E-state index contributed by atoms with van der Waals surface area (Å²) in [5.41, 5.74) is 0.767. The van der Waals surface area contributed by atoms with Crippen molar-refractivity contribution in [3.8, 4) is 5.88 Å². The van der Waals surface area contributed by atoms with E-state index in [9.17, 15) is 4.79 Å². The zero-order valence-electron chi connectivity index (χ0n) is 11.6. The van der Waals surface area contributed by atoms with Gasteiger partial charge in [0.1, 0.15) is 6.33 Å². The van der Waals surface area contributed by atoms with Crippen molar-refractivity contribution in [2.75, 3.05) is 26.9 Å². The lowest BCUT2D eigenvalue weighted by Crippen LogP contribution is -2.30. The predicted octanol–water partition coefficient (Wildman–Crippen LogP) is 1.92. The molecule has 1 aromatic heterocycles. The van der Waals surface area contributed by atoms with Crippen LogP contribution in [0.25, 0.3) is 10.9 Å². The number of halogens is 1. The van der Waals surface area contributed by atoms with Gasteiger partial charge in [0.25, 0.3) is 5.91 Å². The number of hydrogen-bond acceptors (Lipinski definition) is 5. The Labute approximate surface area is 131 Å². The molecule has 0 aliphatic carbocycles. The van der Waals surface area contributed by atoms with E-state index in [0.717, 1.165) is 21.8 Å². The molecule has 2 rings (SSSR count). The Hall–Kier alpha value is -1.73. The number of fused-ring (bicyclic) bond motifs is 1. The first-order valence-electron chi connectivity index (χ1n) is 6.49. The summed E-state index contributed by atoms with van der Waals surface area (Å²) in [6.45, 7) is 1.10. The van der Waals surface area contributed by atoms with Gasteiger partial charge in [0.15, 0.2) is 6.61 Å². The van der Waals surface area contributed by atoms with E-state index in [1.807, 2.05) is 18.2 Å². The SMILES string of the molecule is COCCCNC(=O)COc1ncnc2ccc(Br)cc12. The minimum absolute atomic E-state index is 0.0778. The van der Waals surface area contributed by atoms with E-state index in [1.165, 1.54) is 6.33 Å². The fourth-order valence-electron chi connectivity index (χ4n) is 1.75. The highest BCUT2D eigenvalue weighted by atomic mass is 79.9. The Balaban J connectivity index is 1.94. The Morgan fingerprint density at radius 2 is 2.24 bits per heavy atom. The molecule has 1 N–H and O–H groups in total. The molecule has 0 aliphatic heterocycles. The van der Waals surface area contributed by atoms with Gasteiger partial charge in [-0.3, -0.25) is 4.79 Å². The number of rotatable bonds is 7. The summed E-state index contributed by atoms with van der Waals surface area (Å²) in [6.07, 6.45) is 2.19. The van der Waals surface area contributed by atoms with Crippen LogP contribution in [0, 0.1) is 0 Å². The monoisotopic (exact) mass is 353 g/mol. The molecule has 0 spiro atoms. The zero-order chi connectivity index (χ0) is 15.1. The van der Waals surface area contributed by atoms with Gasteiger partial charge in [-0.15, -0.1) is 0 Å². The van der Waals surface area contributed by atoms with Gasteiger partial charge in [0, 0.05) is 24.7 Å². The predicted molar refractivity (Wildman–Crippen MR) is 82.2 cm³/mol. The van der Waals surface area contributed by atoms with Gasteiger partial charge < -0.3 is 14.8 Å². The van der Waals surface area contributed by atoms with Crippen molar-refractivity contribution in [3.05, 3.63) is 29.0 Å². The van der Waals surface area contributed by atoms with E-state index in [0.29, 0.717) is 19.0 Å². The normalized spacial score (nSPS) is 10.6. The molecule has 1 heterocycles. The van der Waals surface area contributed by atoms with Crippen LogP contribution in [0.4, 0.5) is 0 Å². The van der Waals surface area contributed by atoms with E-state index in [1.54, 1.807) is 7.11 Å². The first-order chi connectivity index (χ1) is 10.2. The Kier molecular flexibility index (Phi) is 5.89. The fraction of sp³-hybridized carbons (Fsp3) is 0.357. The Morgan fingerprint density at radius 3 is 3.05 bits per heavy atom. The Bertz CT molecular complexity index is 621. The van der Waals surface area contributed by atoms with Gasteiger partial charge in [-0.2, -0.15) is 0 Å². The number of aromatic nitrogens is 2. The van der Waals surface area contributed by atoms with E-state index >= 15 is 0 Å². The van der Waals surface area contributed by atoms with Crippen LogP contribution in [0.3, 0.4) is 0 Å².